The molecule has 1 amide bonds. The van der Waals surface area contributed by atoms with Crippen LogP contribution in [0.5, 0.6) is 0 Å². The minimum Gasteiger partial charge on any atom is -0.449 e. The number of fused-ring (bicyclic) bond motifs is 1. The maximum Gasteiger partial charge on any atom is 0.420 e. The quantitative estimate of drug-likeness (QED) is 0.595. The number of hydrogen-bond donors (Lipinski definition) is 1. The minimum atomic E-state index is -3.84. The van der Waals surface area contributed by atoms with E-state index in [0.29, 0.717) is 10.9 Å². The van der Waals surface area contributed by atoms with Gasteiger partial charge < -0.3 is 9.30 Å². The van der Waals surface area contributed by atoms with Crippen LogP contribution in [0.2, 0.25) is 5.02 Å². The molecule has 0 atom stereocenters. The van der Waals surface area contributed by atoms with Gasteiger partial charge in [-0.25, -0.2) is 17.9 Å². The number of benzene rings is 1. The van der Waals surface area contributed by atoms with Crippen molar-refractivity contribution in [3.63, 3.8) is 0 Å². The predicted octanol–water partition coefficient (Wildman–Crippen LogP) is 3.33. The van der Waals surface area contributed by atoms with E-state index in [9.17, 15) is 13.2 Å². The fourth-order valence-corrected chi connectivity index (χ4v) is 4.57. The van der Waals surface area contributed by atoms with Crippen molar-refractivity contribution >= 4 is 38.6 Å². The van der Waals surface area contributed by atoms with Crippen LogP contribution in [0.15, 0.2) is 30.5 Å². The number of nitrogens with zero attached hydrogens (tertiary/aromatic N) is 3. The van der Waals surface area contributed by atoms with Crippen molar-refractivity contribution in [2.75, 3.05) is 12.4 Å². The van der Waals surface area contributed by atoms with Gasteiger partial charge in [0.15, 0.2) is 0 Å². The monoisotopic (exact) mass is 450 g/mol. The van der Waals surface area contributed by atoms with Crippen molar-refractivity contribution in [3.05, 3.63) is 46.7 Å². The van der Waals surface area contributed by atoms with Crippen LogP contribution in [0.1, 0.15) is 24.1 Å². The summed E-state index contributed by atoms with van der Waals surface area (Å²) in [6, 6.07) is 7.54. The number of rotatable bonds is 7. The Labute approximate surface area is 179 Å². The summed E-state index contributed by atoms with van der Waals surface area (Å²) >= 11 is 6.09. The van der Waals surface area contributed by atoms with E-state index >= 15 is 0 Å². The molecule has 0 saturated heterocycles. The number of carbonyl (C=O) groups excluding carboxylic acids is 1. The van der Waals surface area contributed by atoms with Gasteiger partial charge in [0.05, 0.1) is 23.6 Å². The Kier molecular flexibility index (Phi) is 5.50. The van der Waals surface area contributed by atoms with Gasteiger partial charge in [0.2, 0.25) is 10.0 Å². The van der Waals surface area contributed by atoms with Gasteiger partial charge in [-0.15, -0.1) is 0 Å². The van der Waals surface area contributed by atoms with E-state index < -0.39 is 16.1 Å². The minimum absolute atomic E-state index is 0.202. The third kappa shape index (κ3) is 4.46. The number of nitrogens with one attached hydrogen (secondary N) is 1. The fraction of sp³-hybridized carbons (Fsp3) is 0.400. The van der Waals surface area contributed by atoms with Gasteiger partial charge in [0.25, 0.3) is 0 Å². The Balaban J connectivity index is 1.54. The van der Waals surface area contributed by atoms with Crippen molar-refractivity contribution in [1.29, 1.82) is 0 Å². The summed E-state index contributed by atoms with van der Waals surface area (Å²) in [5.41, 5.74) is 2.46. The molecule has 0 bridgehead atoms. The highest BCUT2D eigenvalue weighted by Crippen LogP contribution is 2.29. The summed E-state index contributed by atoms with van der Waals surface area (Å²) in [5, 5.41) is 6.09. The summed E-state index contributed by atoms with van der Waals surface area (Å²) in [7, 11) is -2.02. The van der Waals surface area contributed by atoms with Crippen LogP contribution in [-0.2, 0) is 28.2 Å². The third-order valence-corrected chi connectivity index (χ3v) is 6.65. The molecule has 3 aromatic rings. The van der Waals surface area contributed by atoms with Gasteiger partial charge in [0.1, 0.15) is 5.82 Å². The highest BCUT2D eigenvalue weighted by atomic mass is 35.5. The lowest BCUT2D eigenvalue weighted by atomic mass is 10.2. The van der Waals surface area contributed by atoms with E-state index in [1.807, 2.05) is 53.7 Å². The van der Waals surface area contributed by atoms with Crippen LogP contribution in [0.25, 0.3) is 16.7 Å². The molecule has 1 aliphatic rings. The van der Waals surface area contributed by atoms with Crippen LogP contribution >= 0.6 is 11.6 Å². The second-order valence-electron chi connectivity index (χ2n) is 7.61. The maximum absolute atomic E-state index is 12.4. The highest BCUT2D eigenvalue weighted by Gasteiger charge is 2.25. The number of aryl methyl sites for hydroxylation is 2. The highest BCUT2D eigenvalue weighted by molar-refractivity contribution is 7.90. The summed E-state index contributed by atoms with van der Waals surface area (Å²) in [6.07, 6.45) is 3.22. The zero-order chi connectivity index (χ0) is 21.5. The number of amides is 1. The van der Waals surface area contributed by atoms with E-state index in [-0.39, 0.29) is 18.8 Å². The predicted molar refractivity (Wildman–Crippen MR) is 114 cm³/mol. The van der Waals surface area contributed by atoms with E-state index in [4.69, 9.17) is 16.3 Å². The molecule has 2 aromatic heterocycles. The number of carbonyl (C=O) groups is 1. The van der Waals surface area contributed by atoms with E-state index in [1.165, 1.54) is 0 Å². The lowest BCUT2D eigenvalue weighted by molar-refractivity contribution is 0.147. The molecule has 8 nitrogen and oxygen atoms in total. The molecule has 0 unspecified atom stereocenters. The number of ether oxygens (including phenoxy) is 1. The Morgan fingerprint density at radius 2 is 2.10 bits per heavy atom. The first kappa shape index (κ1) is 20.7. The molecule has 160 valence electrons. The van der Waals surface area contributed by atoms with E-state index in [1.54, 1.807) is 4.68 Å². The first-order chi connectivity index (χ1) is 14.2. The fourth-order valence-electron chi connectivity index (χ4n) is 3.50. The molecule has 0 aliphatic heterocycles. The normalized spacial score (nSPS) is 14.2. The van der Waals surface area contributed by atoms with Crippen LogP contribution in [-0.4, -0.2) is 41.2 Å². The molecule has 4 rings (SSSR count). The largest absolute Gasteiger partial charge is 0.449 e. The summed E-state index contributed by atoms with van der Waals surface area (Å²) < 4.78 is 35.4. The van der Waals surface area contributed by atoms with Crippen molar-refractivity contribution in [2.45, 2.75) is 26.2 Å². The van der Waals surface area contributed by atoms with Gasteiger partial charge in [-0.3, -0.25) is 4.68 Å². The van der Waals surface area contributed by atoms with Gasteiger partial charge >= 0.3 is 6.09 Å². The first-order valence-corrected chi connectivity index (χ1v) is 11.7. The van der Waals surface area contributed by atoms with E-state index in [2.05, 4.69) is 5.10 Å². The van der Waals surface area contributed by atoms with Gasteiger partial charge in [-0.05, 0) is 56.4 Å². The van der Waals surface area contributed by atoms with Crippen molar-refractivity contribution < 1.29 is 17.9 Å². The molecule has 30 heavy (non-hydrogen) atoms. The van der Waals surface area contributed by atoms with E-state index in [0.717, 1.165) is 40.8 Å². The van der Waals surface area contributed by atoms with Crippen molar-refractivity contribution in [2.24, 2.45) is 13.0 Å². The van der Waals surface area contributed by atoms with Crippen molar-refractivity contribution in [3.8, 4) is 5.82 Å². The molecule has 0 spiro atoms. The van der Waals surface area contributed by atoms with Gasteiger partial charge in [-0.1, -0.05) is 11.6 Å². The Morgan fingerprint density at radius 1 is 1.33 bits per heavy atom. The topological polar surface area (TPSA) is 95.2 Å². The average molecular weight is 451 g/mol. The zero-order valence-electron chi connectivity index (χ0n) is 16.8. The number of hydrogen-bond acceptors (Lipinski definition) is 5. The SMILES string of the molecule is Cc1nn(C)c(-n2ccc3cc(Cl)ccc32)c1CCS(=O)(=O)NC(=O)OCC1CC1. The molecular formula is C20H23ClN4O4S. The molecule has 1 fully saturated rings. The lowest BCUT2D eigenvalue weighted by Crippen LogP contribution is -2.34. The lowest BCUT2D eigenvalue weighted by Gasteiger charge is -2.11. The second-order valence-corrected chi connectivity index (χ2v) is 9.89. The van der Waals surface area contributed by atoms with Gasteiger partial charge in [0, 0.05) is 29.2 Å². The molecule has 1 saturated carbocycles. The molecule has 1 N–H and O–H groups in total. The average Bonchev–Trinajstić information content (AvgIpc) is 3.35. The van der Waals surface area contributed by atoms with Gasteiger partial charge in [-0.2, -0.15) is 5.10 Å². The second kappa shape index (κ2) is 7.96. The Morgan fingerprint density at radius 3 is 2.83 bits per heavy atom. The zero-order valence-corrected chi connectivity index (χ0v) is 18.3. The number of aromatic nitrogens is 3. The molecule has 0 radical (unpaired) electrons. The Bertz CT molecular complexity index is 1210. The smallest absolute Gasteiger partial charge is 0.420 e. The molecule has 2 heterocycles. The summed E-state index contributed by atoms with van der Waals surface area (Å²) in [5.74, 6) is 0.887. The van der Waals surface area contributed by atoms with Crippen molar-refractivity contribution in [1.82, 2.24) is 19.1 Å². The van der Waals surface area contributed by atoms with Crippen LogP contribution in [0, 0.1) is 12.8 Å². The standard InChI is InChI=1S/C20H23ClN4O4S/c1-13-17(8-10-30(27,28)23-20(26)29-12-14-3-4-14)19(24(2)22-13)25-9-7-15-11-16(21)5-6-18(15)25/h5-7,9,11,14H,3-4,8,10,12H2,1-2H3,(H,23,26). The summed E-state index contributed by atoms with van der Waals surface area (Å²) in [6.45, 7) is 2.10. The van der Waals surface area contributed by atoms with Crippen LogP contribution in [0.4, 0.5) is 4.79 Å². The Hall–Kier alpha value is -2.52. The molecule has 10 heteroatoms. The van der Waals surface area contributed by atoms with Crippen LogP contribution in [0.3, 0.4) is 0 Å². The molecule has 1 aromatic carbocycles. The molecular weight excluding hydrogens is 428 g/mol. The number of sulfonamides is 1. The maximum atomic E-state index is 12.4. The first-order valence-electron chi connectivity index (χ1n) is 9.70. The third-order valence-electron chi connectivity index (χ3n) is 5.20. The summed E-state index contributed by atoms with van der Waals surface area (Å²) in [4.78, 5) is 11.8. The van der Waals surface area contributed by atoms with Crippen LogP contribution < -0.4 is 4.72 Å². The number of halogens is 1. The molecule has 1 aliphatic carbocycles.